The number of carbonyl (C=O) groups excluding carboxylic acids is 1. The summed E-state index contributed by atoms with van der Waals surface area (Å²) in [5.41, 5.74) is 2.25. The summed E-state index contributed by atoms with van der Waals surface area (Å²) in [6.45, 7) is 7.59. The van der Waals surface area contributed by atoms with E-state index in [1.807, 2.05) is 29.2 Å². The molecule has 41 heavy (non-hydrogen) atoms. The number of urea groups is 1. The number of piperidine rings is 1. The number of sulfonamides is 1. The lowest BCUT2D eigenvalue weighted by Gasteiger charge is -2.39. The molecule has 3 aromatic rings. The SMILES string of the molecule is CC(C)CCN(C(=O)Nc1ccc(F)cc1)C1CCN(Cc2ccc(Oc3ccc(NS(C)(=O)=O)cc3)cc2)CC1. The molecule has 0 aromatic heterocycles. The Bertz CT molecular complexity index is 1370. The summed E-state index contributed by atoms with van der Waals surface area (Å²) >= 11 is 0. The van der Waals surface area contributed by atoms with Crippen LogP contribution in [0, 0.1) is 11.7 Å². The number of nitrogens with one attached hydrogen (secondary N) is 2. The lowest BCUT2D eigenvalue weighted by Crippen LogP contribution is -2.49. The number of carbonyl (C=O) groups is 1. The topological polar surface area (TPSA) is 91.0 Å². The van der Waals surface area contributed by atoms with Gasteiger partial charge < -0.3 is 15.0 Å². The minimum Gasteiger partial charge on any atom is -0.457 e. The Kier molecular flexibility index (Phi) is 10.2. The van der Waals surface area contributed by atoms with Gasteiger partial charge in [-0.2, -0.15) is 0 Å². The molecule has 4 rings (SSSR count). The number of likely N-dealkylation sites (tertiary alicyclic amines) is 1. The molecule has 8 nitrogen and oxygen atoms in total. The Morgan fingerprint density at radius 1 is 0.951 bits per heavy atom. The van der Waals surface area contributed by atoms with Gasteiger partial charge in [-0.05, 0) is 91.4 Å². The van der Waals surface area contributed by atoms with Crippen LogP contribution in [-0.2, 0) is 16.6 Å². The van der Waals surface area contributed by atoms with Crippen molar-refractivity contribution >= 4 is 27.4 Å². The second-order valence-electron chi connectivity index (χ2n) is 11.0. The van der Waals surface area contributed by atoms with E-state index in [-0.39, 0.29) is 17.9 Å². The van der Waals surface area contributed by atoms with Crippen LogP contribution in [0.1, 0.15) is 38.7 Å². The van der Waals surface area contributed by atoms with Gasteiger partial charge in [0, 0.05) is 43.6 Å². The number of amides is 2. The third kappa shape index (κ3) is 9.75. The molecule has 1 aliphatic rings. The molecular formula is C31H39FN4O4S. The minimum atomic E-state index is -3.32. The maximum absolute atomic E-state index is 13.3. The molecule has 3 aromatic carbocycles. The number of ether oxygens (including phenoxy) is 1. The smallest absolute Gasteiger partial charge is 0.322 e. The summed E-state index contributed by atoms with van der Waals surface area (Å²) in [6, 6.07) is 20.6. The van der Waals surface area contributed by atoms with Crippen molar-refractivity contribution in [2.75, 3.05) is 35.9 Å². The van der Waals surface area contributed by atoms with Crippen molar-refractivity contribution in [1.82, 2.24) is 9.80 Å². The van der Waals surface area contributed by atoms with E-state index in [0.717, 1.165) is 45.2 Å². The van der Waals surface area contributed by atoms with Crippen LogP contribution in [-0.4, -0.2) is 56.2 Å². The van der Waals surface area contributed by atoms with Crippen molar-refractivity contribution < 1.29 is 22.3 Å². The molecule has 0 saturated carbocycles. The lowest BCUT2D eigenvalue weighted by atomic mass is 10.0. The van der Waals surface area contributed by atoms with Crippen LogP contribution in [0.15, 0.2) is 72.8 Å². The Morgan fingerprint density at radius 3 is 2.07 bits per heavy atom. The normalized spacial score (nSPS) is 14.6. The van der Waals surface area contributed by atoms with Gasteiger partial charge in [0.1, 0.15) is 17.3 Å². The monoisotopic (exact) mass is 582 g/mol. The van der Waals surface area contributed by atoms with Gasteiger partial charge in [-0.3, -0.25) is 9.62 Å². The van der Waals surface area contributed by atoms with Crippen molar-refractivity contribution in [2.24, 2.45) is 5.92 Å². The van der Waals surface area contributed by atoms with E-state index >= 15 is 0 Å². The highest BCUT2D eigenvalue weighted by molar-refractivity contribution is 7.92. The van der Waals surface area contributed by atoms with E-state index in [4.69, 9.17) is 4.74 Å². The van der Waals surface area contributed by atoms with Crippen molar-refractivity contribution in [2.45, 2.75) is 45.7 Å². The Morgan fingerprint density at radius 2 is 1.51 bits per heavy atom. The van der Waals surface area contributed by atoms with Gasteiger partial charge in [0.2, 0.25) is 10.0 Å². The molecule has 0 spiro atoms. The fourth-order valence-electron chi connectivity index (χ4n) is 4.83. The first-order chi connectivity index (χ1) is 19.5. The summed E-state index contributed by atoms with van der Waals surface area (Å²) in [4.78, 5) is 17.5. The van der Waals surface area contributed by atoms with Gasteiger partial charge in [0.05, 0.1) is 6.26 Å². The molecule has 1 fully saturated rings. The van der Waals surface area contributed by atoms with Crippen LogP contribution in [0.2, 0.25) is 0 Å². The van der Waals surface area contributed by atoms with Crippen LogP contribution < -0.4 is 14.8 Å². The lowest BCUT2D eigenvalue weighted by molar-refractivity contribution is 0.120. The fourth-order valence-corrected chi connectivity index (χ4v) is 5.39. The number of hydrogen-bond acceptors (Lipinski definition) is 5. The quantitative estimate of drug-likeness (QED) is 0.268. The van der Waals surface area contributed by atoms with Gasteiger partial charge in [-0.1, -0.05) is 26.0 Å². The van der Waals surface area contributed by atoms with Crippen LogP contribution >= 0.6 is 0 Å². The Labute approximate surface area is 242 Å². The molecule has 1 heterocycles. The molecule has 0 unspecified atom stereocenters. The molecule has 0 aliphatic carbocycles. The van der Waals surface area contributed by atoms with E-state index < -0.39 is 10.0 Å². The van der Waals surface area contributed by atoms with E-state index in [9.17, 15) is 17.6 Å². The van der Waals surface area contributed by atoms with Crippen LogP contribution in [0.25, 0.3) is 0 Å². The first-order valence-corrected chi connectivity index (χ1v) is 15.8. The van der Waals surface area contributed by atoms with Gasteiger partial charge >= 0.3 is 6.03 Å². The maximum Gasteiger partial charge on any atom is 0.322 e. The molecule has 0 atom stereocenters. The highest BCUT2D eigenvalue weighted by atomic mass is 32.2. The van der Waals surface area contributed by atoms with E-state index in [2.05, 4.69) is 28.8 Å². The average molecular weight is 583 g/mol. The first-order valence-electron chi connectivity index (χ1n) is 13.9. The minimum absolute atomic E-state index is 0.132. The largest absolute Gasteiger partial charge is 0.457 e. The second-order valence-corrected chi connectivity index (χ2v) is 12.7. The molecule has 10 heteroatoms. The van der Waals surface area contributed by atoms with Crippen molar-refractivity contribution in [3.63, 3.8) is 0 Å². The van der Waals surface area contributed by atoms with Crippen molar-refractivity contribution in [3.8, 4) is 11.5 Å². The molecule has 0 radical (unpaired) electrons. The zero-order valence-corrected chi connectivity index (χ0v) is 24.7. The average Bonchev–Trinajstić information content (AvgIpc) is 2.92. The Balaban J connectivity index is 1.28. The molecule has 1 aliphatic heterocycles. The molecule has 0 bridgehead atoms. The van der Waals surface area contributed by atoms with Crippen molar-refractivity contribution in [3.05, 3.63) is 84.2 Å². The van der Waals surface area contributed by atoms with Gasteiger partial charge in [0.25, 0.3) is 0 Å². The van der Waals surface area contributed by atoms with Crippen molar-refractivity contribution in [1.29, 1.82) is 0 Å². The molecule has 1 saturated heterocycles. The van der Waals surface area contributed by atoms with E-state index in [1.54, 1.807) is 36.4 Å². The van der Waals surface area contributed by atoms with Gasteiger partial charge in [0.15, 0.2) is 0 Å². The van der Waals surface area contributed by atoms with Crippen LogP contribution in [0.5, 0.6) is 11.5 Å². The predicted molar refractivity (Wildman–Crippen MR) is 161 cm³/mol. The third-order valence-corrected chi connectivity index (χ3v) is 7.63. The summed E-state index contributed by atoms with van der Waals surface area (Å²) < 4.78 is 44.4. The maximum atomic E-state index is 13.3. The number of benzene rings is 3. The highest BCUT2D eigenvalue weighted by Crippen LogP contribution is 2.25. The van der Waals surface area contributed by atoms with Crippen LogP contribution in [0.4, 0.5) is 20.6 Å². The number of rotatable bonds is 11. The summed E-state index contributed by atoms with van der Waals surface area (Å²) in [5.74, 6) is 1.47. The molecule has 2 N–H and O–H groups in total. The molecular weight excluding hydrogens is 543 g/mol. The first kappa shape index (κ1) is 30.3. The second kappa shape index (κ2) is 13.8. The third-order valence-electron chi connectivity index (χ3n) is 7.02. The highest BCUT2D eigenvalue weighted by Gasteiger charge is 2.28. The molecule has 220 valence electrons. The number of nitrogens with zero attached hydrogens (tertiary/aromatic N) is 2. The van der Waals surface area contributed by atoms with E-state index in [1.165, 1.54) is 17.7 Å². The zero-order valence-electron chi connectivity index (χ0n) is 23.8. The summed E-state index contributed by atoms with van der Waals surface area (Å²) in [5, 5.41) is 2.94. The van der Waals surface area contributed by atoms with Gasteiger partial charge in [-0.15, -0.1) is 0 Å². The predicted octanol–water partition coefficient (Wildman–Crippen LogP) is 6.53. The fraction of sp³-hybridized carbons (Fsp3) is 0.387. The van der Waals surface area contributed by atoms with Gasteiger partial charge in [-0.25, -0.2) is 17.6 Å². The summed E-state index contributed by atoms with van der Waals surface area (Å²) in [7, 11) is -3.32. The molecule has 2 amide bonds. The Hall–Kier alpha value is -3.63. The standard InChI is InChI=1S/C31H39FN4O4S/c1-23(2)16-21-36(31(37)33-26-8-6-25(32)7-9-26)28-17-19-35(20-18-28)22-24-4-12-29(13-5-24)40-30-14-10-27(11-15-30)34-41(3,38)39/h4-15,23,28,34H,16-22H2,1-3H3,(H,33,37). The number of hydrogen-bond donors (Lipinski definition) is 2. The number of halogens is 1. The summed E-state index contributed by atoms with van der Waals surface area (Å²) in [6.07, 6.45) is 3.81. The van der Waals surface area contributed by atoms with Crippen LogP contribution in [0.3, 0.4) is 0 Å². The van der Waals surface area contributed by atoms with E-state index in [0.29, 0.717) is 35.3 Å². The number of anilines is 2. The zero-order chi connectivity index (χ0) is 29.4.